The van der Waals surface area contributed by atoms with Crippen LogP contribution in [-0.2, 0) is 28.6 Å². The van der Waals surface area contributed by atoms with Crippen molar-refractivity contribution < 1.29 is 40.0 Å². The second-order valence-electron chi connectivity index (χ2n) is 3.79. The molecule has 0 N–H and O–H groups in total. The fraction of sp³-hybridized carbons (Fsp3) is 1.00. The first-order chi connectivity index (χ1) is 8.76. The van der Waals surface area contributed by atoms with Crippen molar-refractivity contribution in [2.45, 2.75) is 42.5 Å². The molecule has 1 aliphatic rings. The van der Waals surface area contributed by atoms with Gasteiger partial charge in [-0.05, 0) is 25.7 Å². The summed E-state index contributed by atoms with van der Waals surface area (Å²) in [4.78, 5) is 4.19. The molecule has 114 valence electrons. The van der Waals surface area contributed by atoms with E-state index < -0.39 is 21.7 Å². The van der Waals surface area contributed by atoms with Crippen molar-refractivity contribution in [1.82, 2.24) is 0 Å². The van der Waals surface area contributed by atoms with Gasteiger partial charge >= 0.3 is 15.6 Å². The van der Waals surface area contributed by atoms with E-state index in [1.807, 2.05) is 0 Å². The molecular weight excluding hydrogens is 313 g/mol. The van der Waals surface area contributed by atoms with Gasteiger partial charge in [0.05, 0.1) is 13.2 Å². The molecule has 0 unspecified atom stereocenters. The molecule has 0 spiro atoms. The lowest BCUT2D eigenvalue weighted by atomic mass is 9.97. The predicted octanol–water partition coefficient (Wildman–Crippen LogP) is 2.32. The summed E-state index contributed by atoms with van der Waals surface area (Å²) in [5.74, 6) is 0. The Labute approximate surface area is 112 Å². The highest BCUT2D eigenvalue weighted by molar-refractivity contribution is 7.95. The standard InChI is InChI=1S/C8H13F3O6S2/c1-14-16-17-18-7-4-2-6(3-5-7)15-19(12,13)8(9,10)11/h6-7H,2-5H2,1H3. The first kappa shape index (κ1) is 17.0. The third-order valence-corrected chi connectivity index (χ3v) is 4.41. The Morgan fingerprint density at radius 1 is 1.16 bits per heavy atom. The normalized spacial score (nSPS) is 25.5. The number of halogens is 3. The Hall–Kier alpha value is -0.0700. The zero-order chi connectivity index (χ0) is 14.5. The van der Waals surface area contributed by atoms with Gasteiger partial charge in [0.2, 0.25) is 0 Å². The van der Waals surface area contributed by atoms with Crippen molar-refractivity contribution >= 4 is 22.2 Å². The van der Waals surface area contributed by atoms with Crippen molar-refractivity contribution in [3.8, 4) is 0 Å². The Kier molecular flexibility index (Phi) is 6.33. The van der Waals surface area contributed by atoms with Crippen LogP contribution >= 0.6 is 12.0 Å². The smallest absolute Gasteiger partial charge is 0.260 e. The largest absolute Gasteiger partial charge is 0.523 e. The lowest BCUT2D eigenvalue weighted by Crippen LogP contribution is -2.32. The van der Waals surface area contributed by atoms with Gasteiger partial charge in [-0.3, -0.25) is 4.18 Å². The summed E-state index contributed by atoms with van der Waals surface area (Å²) in [6, 6.07) is 0. The first-order valence-electron chi connectivity index (χ1n) is 5.28. The van der Waals surface area contributed by atoms with Crippen molar-refractivity contribution in [1.29, 1.82) is 0 Å². The average Bonchev–Trinajstić information content (AvgIpc) is 2.30. The van der Waals surface area contributed by atoms with Gasteiger partial charge in [0.15, 0.2) is 0 Å². The molecule has 0 bridgehead atoms. The minimum atomic E-state index is -5.52. The van der Waals surface area contributed by atoms with Gasteiger partial charge in [-0.25, -0.2) is 4.89 Å². The maximum atomic E-state index is 12.1. The number of hydrogen-bond donors (Lipinski definition) is 0. The third kappa shape index (κ3) is 5.44. The van der Waals surface area contributed by atoms with Gasteiger partial charge in [-0.1, -0.05) is 5.04 Å². The van der Waals surface area contributed by atoms with Crippen molar-refractivity contribution in [2.75, 3.05) is 7.11 Å². The van der Waals surface area contributed by atoms with Crippen LogP contribution in [0.3, 0.4) is 0 Å². The minimum Gasteiger partial charge on any atom is -0.260 e. The molecule has 0 atom stereocenters. The van der Waals surface area contributed by atoms with E-state index in [1.165, 1.54) is 7.11 Å². The van der Waals surface area contributed by atoms with Crippen LogP contribution in [-0.4, -0.2) is 32.4 Å². The molecule has 0 aromatic heterocycles. The number of alkyl halides is 3. The number of rotatable bonds is 6. The summed E-state index contributed by atoms with van der Waals surface area (Å²) in [6.07, 6.45) is 0.352. The molecule has 0 heterocycles. The van der Waals surface area contributed by atoms with E-state index in [4.69, 9.17) is 0 Å². The molecule has 11 heteroatoms. The molecule has 1 saturated carbocycles. The summed E-state index contributed by atoms with van der Waals surface area (Å²) < 4.78 is 66.6. The molecule has 6 nitrogen and oxygen atoms in total. The highest BCUT2D eigenvalue weighted by Gasteiger charge is 2.48. The summed E-state index contributed by atoms with van der Waals surface area (Å²) in [5.41, 5.74) is -5.38. The van der Waals surface area contributed by atoms with Gasteiger partial charge in [-0.15, -0.1) is 4.33 Å². The van der Waals surface area contributed by atoms with E-state index in [0.717, 1.165) is 12.0 Å². The Morgan fingerprint density at radius 2 is 1.74 bits per heavy atom. The fourth-order valence-electron chi connectivity index (χ4n) is 1.56. The molecule has 0 radical (unpaired) electrons. The van der Waals surface area contributed by atoms with Crippen LogP contribution in [0.25, 0.3) is 0 Å². The fourth-order valence-corrected chi connectivity index (χ4v) is 2.88. The second kappa shape index (κ2) is 7.09. The molecule has 1 fully saturated rings. The first-order valence-corrected chi connectivity index (χ1v) is 7.50. The monoisotopic (exact) mass is 326 g/mol. The highest BCUT2D eigenvalue weighted by atomic mass is 32.2. The van der Waals surface area contributed by atoms with Crippen molar-refractivity contribution in [3.05, 3.63) is 0 Å². The second-order valence-corrected chi connectivity index (χ2v) is 6.35. The van der Waals surface area contributed by atoms with E-state index in [9.17, 15) is 21.6 Å². The van der Waals surface area contributed by atoms with E-state index in [-0.39, 0.29) is 18.1 Å². The Balaban J connectivity index is 2.35. The van der Waals surface area contributed by atoms with Gasteiger partial charge < -0.3 is 0 Å². The maximum absolute atomic E-state index is 12.1. The topological polar surface area (TPSA) is 71.1 Å². The zero-order valence-electron chi connectivity index (χ0n) is 9.88. The summed E-state index contributed by atoms with van der Waals surface area (Å²) in [7, 11) is -4.26. The predicted molar refractivity (Wildman–Crippen MR) is 58.9 cm³/mol. The molecule has 0 amide bonds. The van der Waals surface area contributed by atoms with Crippen LogP contribution < -0.4 is 0 Å². The Bertz CT molecular complexity index is 363. The Morgan fingerprint density at radius 3 is 2.21 bits per heavy atom. The zero-order valence-corrected chi connectivity index (χ0v) is 11.5. The van der Waals surface area contributed by atoms with Crippen LogP contribution in [0.5, 0.6) is 0 Å². The van der Waals surface area contributed by atoms with Crippen LogP contribution in [0.15, 0.2) is 0 Å². The van der Waals surface area contributed by atoms with Crippen LogP contribution in [0, 0.1) is 0 Å². The number of hydrogen-bond acceptors (Lipinski definition) is 7. The quantitative estimate of drug-likeness (QED) is 0.185. The molecule has 0 aromatic rings. The summed E-state index contributed by atoms with van der Waals surface area (Å²) in [5, 5.41) is 4.16. The van der Waals surface area contributed by atoms with Gasteiger partial charge in [0, 0.05) is 17.3 Å². The molecule has 1 aliphatic carbocycles. The van der Waals surface area contributed by atoms with Gasteiger partial charge in [0.25, 0.3) is 0 Å². The van der Waals surface area contributed by atoms with Crippen molar-refractivity contribution in [3.63, 3.8) is 0 Å². The maximum Gasteiger partial charge on any atom is 0.523 e. The molecular formula is C8H13F3O6S2. The van der Waals surface area contributed by atoms with Crippen LogP contribution in [0.1, 0.15) is 25.7 Å². The highest BCUT2D eigenvalue weighted by Crippen LogP contribution is 2.34. The van der Waals surface area contributed by atoms with E-state index in [2.05, 4.69) is 18.4 Å². The minimum absolute atomic E-state index is 0.0106. The van der Waals surface area contributed by atoms with Gasteiger partial charge in [0.1, 0.15) is 0 Å². The third-order valence-electron chi connectivity index (χ3n) is 2.44. The molecule has 19 heavy (non-hydrogen) atoms. The van der Waals surface area contributed by atoms with Crippen molar-refractivity contribution in [2.24, 2.45) is 0 Å². The van der Waals surface area contributed by atoms with Crippen LogP contribution in [0.4, 0.5) is 13.2 Å². The van der Waals surface area contributed by atoms with Gasteiger partial charge in [-0.2, -0.15) is 21.6 Å². The average molecular weight is 326 g/mol. The van der Waals surface area contributed by atoms with E-state index >= 15 is 0 Å². The van der Waals surface area contributed by atoms with E-state index in [0.29, 0.717) is 12.8 Å². The molecule has 0 saturated heterocycles. The summed E-state index contributed by atoms with van der Waals surface area (Å²) >= 11 is 0.973. The molecule has 0 aliphatic heterocycles. The SMILES string of the molecule is COOOSC1CCC(OS(=O)(=O)C(F)(F)F)CC1. The molecule has 0 aromatic carbocycles. The molecule has 1 rings (SSSR count). The van der Waals surface area contributed by atoms with E-state index in [1.54, 1.807) is 0 Å². The lowest BCUT2D eigenvalue weighted by Gasteiger charge is -2.26. The lowest BCUT2D eigenvalue weighted by molar-refractivity contribution is -0.447. The van der Waals surface area contributed by atoms with Crippen LogP contribution in [0.2, 0.25) is 0 Å². The summed E-state index contributed by atoms with van der Waals surface area (Å²) in [6.45, 7) is 0.